The second kappa shape index (κ2) is 4.66. The van der Waals surface area contributed by atoms with E-state index >= 15 is 0 Å². The van der Waals surface area contributed by atoms with Gasteiger partial charge in [-0.15, -0.1) is 0 Å². The molecule has 2 heterocycles. The maximum atomic E-state index is 13.6. The molecular formula is C14H10FN3O3. The summed E-state index contributed by atoms with van der Waals surface area (Å²) in [7, 11) is 0. The van der Waals surface area contributed by atoms with Crippen LogP contribution in [0, 0.1) is 12.4 Å². The molecule has 1 N–H and O–H groups in total. The van der Waals surface area contributed by atoms with E-state index in [1.807, 2.05) is 0 Å². The largest absolute Gasteiger partial charge is 0.322 e. The molecule has 0 aromatic heterocycles. The molecule has 1 saturated heterocycles. The summed E-state index contributed by atoms with van der Waals surface area (Å²) in [4.78, 5) is 39.6. The molecule has 106 valence electrons. The molecule has 0 bridgehead atoms. The van der Waals surface area contributed by atoms with Crippen molar-refractivity contribution in [3.8, 4) is 0 Å². The number of piperidine rings is 1. The van der Waals surface area contributed by atoms with Crippen LogP contribution >= 0.6 is 0 Å². The van der Waals surface area contributed by atoms with Crippen molar-refractivity contribution in [3.05, 3.63) is 40.5 Å². The molecule has 7 heteroatoms. The minimum atomic E-state index is -0.748. The monoisotopic (exact) mass is 287 g/mol. The fourth-order valence-electron chi connectivity index (χ4n) is 2.66. The molecule has 1 fully saturated rings. The van der Waals surface area contributed by atoms with Crippen molar-refractivity contribution in [2.75, 3.05) is 0 Å². The first-order valence-corrected chi connectivity index (χ1v) is 6.36. The van der Waals surface area contributed by atoms with E-state index < -0.39 is 23.7 Å². The summed E-state index contributed by atoms with van der Waals surface area (Å²) >= 11 is 0. The van der Waals surface area contributed by atoms with Gasteiger partial charge in [0.1, 0.15) is 11.9 Å². The number of carbonyl (C=O) groups is 3. The molecule has 2 aliphatic heterocycles. The summed E-state index contributed by atoms with van der Waals surface area (Å²) in [5.74, 6) is -2.07. The maximum absolute atomic E-state index is 13.6. The van der Waals surface area contributed by atoms with Crippen LogP contribution in [0.2, 0.25) is 0 Å². The van der Waals surface area contributed by atoms with E-state index in [9.17, 15) is 18.8 Å². The number of nitrogens with zero attached hydrogens (tertiary/aromatic N) is 2. The lowest BCUT2D eigenvalue weighted by atomic mass is 10.0. The number of fused-ring (bicyclic) bond motifs is 1. The van der Waals surface area contributed by atoms with Gasteiger partial charge in [-0.3, -0.25) is 19.7 Å². The standard InChI is InChI=1S/C14H10FN3O3/c1-16-10-4-7-6-18(14(21)8(7)5-9(10)15)11-2-3-12(19)17-13(11)20/h4-5,11H,2-3,6H2,(H,17,19,20). The average molecular weight is 287 g/mol. The van der Waals surface area contributed by atoms with Crippen LogP contribution in [-0.2, 0) is 16.1 Å². The van der Waals surface area contributed by atoms with Gasteiger partial charge in [0.25, 0.3) is 5.91 Å². The van der Waals surface area contributed by atoms with Crippen LogP contribution < -0.4 is 5.32 Å². The van der Waals surface area contributed by atoms with Crippen LogP contribution in [0.5, 0.6) is 0 Å². The minimum absolute atomic E-state index is 0.142. The Labute approximate surface area is 119 Å². The zero-order chi connectivity index (χ0) is 15.1. The lowest BCUT2D eigenvalue weighted by molar-refractivity contribution is -0.136. The van der Waals surface area contributed by atoms with Crippen LogP contribution in [-0.4, -0.2) is 28.7 Å². The van der Waals surface area contributed by atoms with Gasteiger partial charge in [0, 0.05) is 18.5 Å². The maximum Gasteiger partial charge on any atom is 0.255 e. The van der Waals surface area contributed by atoms with Crippen molar-refractivity contribution in [2.24, 2.45) is 0 Å². The Hall–Kier alpha value is -2.75. The minimum Gasteiger partial charge on any atom is -0.322 e. The highest BCUT2D eigenvalue weighted by molar-refractivity contribution is 6.05. The van der Waals surface area contributed by atoms with E-state index in [0.717, 1.165) is 6.07 Å². The Morgan fingerprint density at radius 1 is 1.33 bits per heavy atom. The molecule has 1 atom stereocenters. The quantitative estimate of drug-likeness (QED) is 0.622. The molecule has 0 saturated carbocycles. The van der Waals surface area contributed by atoms with Crippen molar-refractivity contribution in [3.63, 3.8) is 0 Å². The smallest absolute Gasteiger partial charge is 0.255 e. The Bertz CT molecular complexity index is 723. The van der Waals surface area contributed by atoms with Gasteiger partial charge >= 0.3 is 0 Å². The summed E-state index contributed by atoms with van der Waals surface area (Å²) < 4.78 is 13.6. The van der Waals surface area contributed by atoms with Crippen molar-refractivity contribution >= 4 is 23.4 Å². The number of hydrogen-bond donors (Lipinski definition) is 1. The van der Waals surface area contributed by atoms with Crippen LogP contribution in [0.25, 0.3) is 4.85 Å². The van der Waals surface area contributed by atoms with Crippen molar-refractivity contribution in [2.45, 2.75) is 25.4 Å². The molecule has 1 aromatic rings. The summed E-state index contributed by atoms with van der Waals surface area (Å²) in [6, 6.07) is 1.64. The van der Waals surface area contributed by atoms with Crippen LogP contribution in [0.3, 0.4) is 0 Å². The molecule has 1 unspecified atom stereocenters. The molecule has 1 aromatic carbocycles. The molecule has 0 spiro atoms. The van der Waals surface area contributed by atoms with Gasteiger partial charge in [-0.2, -0.15) is 0 Å². The number of hydrogen-bond acceptors (Lipinski definition) is 3. The first-order valence-electron chi connectivity index (χ1n) is 6.36. The molecule has 3 rings (SSSR count). The third-order valence-electron chi connectivity index (χ3n) is 3.71. The predicted octanol–water partition coefficient (Wildman–Crippen LogP) is 1.14. The summed E-state index contributed by atoms with van der Waals surface area (Å²) in [5.41, 5.74) is 0.549. The zero-order valence-electron chi connectivity index (χ0n) is 10.9. The van der Waals surface area contributed by atoms with Crippen LogP contribution in [0.1, 0.15) is 28.8 Å². The Kier molecular flexibility index (Phi) is 2.94. The van der Waals surface area contributed by atoms with Gasteiger partial charge in [0.15, 0.2) is 0 Å². The van der Waals surface area contributed by atoms with E-state index in [4.69, 9.17) is 6.57 Å². The number of amides is 3. The SMILES string of the molecule is [C-]#[N+]c1cc2c(cc1F)C(=O)N(C1CCC(=O)NC1=O)C2. The lowest BCUT2D eigenvalue weighted by Crippen LogP contribution is -2.52. The highest BCUT2D eigenvalue weighted by atomic mass is 19.1. The second-order valence-corrected chi connectivity index (χ2v) is 4.97. The van der Waals surface area contributed by atoms with E-state index in [0.29, 0.717) is 5.56 Å². The molecule has 6 nitrogen and oxygen atoms in total. The predicted molar refractivity (Wildman–Crippen MR) is 68.7 cm³/mol. The summed E-state index contributed by atoms with van der Waals surface area (Å²) in [5, 5.41) is 2.19. The number of imide groups is 1. The fraction of sp³-hybridized carbons (Fsp3) is 0.286. The molecular weight excluding hydrogens is 277 g/mol. The molecule has 3 amide bonds. The highest BCUT2D eigenvalue weighted by Crippen LogP contribution is 2.31. The number of nitrogens with one attached hydrogen (secondary N) is 1. The first kappa shape index (κ1) is 13.2. The van der Waals surface area contributed by atoms with E-state index in [1.165, 1.54) is 11.0 Å². The van der Waals surface area contributed by atoms with Gasteiger partial charge in [0.2, 0.25) is 17.5 Å². The van der Waals surface area contributed by atoms with Gasteiger partial charge in [0.05, 0.1) is 6.57 Å². The van der Waals surface area contributed by atoms with Gasteiger partial charge in [-0.1, -0.05) is 0 Å². The van der Waals surface area contributed by atoms with E-state index in [-0.39, 0.29) is 36.5 Å². The Morgan fingerprint density at radius 3 is 2.76 bits per heavy atom. The molecule has 21 heavy (non-hydrogen) atoms. The third kappa shape index (κ3) is 2.05. The molecule has 2 aliphatic rings. The number of rotatable bonds is 1. The van der Waals surface area contributed by atoms with E-state index in [2.05, 4.69) is 10.2 Å². The first-order chi connectivity index (χ1) is 10.0. The fourth-order valence-corrected chi connectivity index (χ4v) is 2.66. The Morgan fingerprint density at radius 2 is 2.10 bits per heavy atom. The van der Waals surface area contributed by atoms with Crippen molar-refractivity contribution in [1.29, 1.82) is 0 Å². The van der Waals surface area contributed by atoms with Crippen LogP contribution in [0.15, 0.2) is 12.1 Å². The number of benzene rings is 1. The molecule has 0 radical (unpaired) electrons. The average Bonchev–Trinajstić information content (AvgIpc) is 2.75. The van der Waals surface area contributed by atoms with Gasteiger partial charge in [-0.05, 0) is 24.1 Å². The van der Waals surface area contributed by atoms with Gasteiger partial charge in [-0.25, -0.2) is 9.24 Å². The normalized spacial score (nSPS) is 21.0. The number of carbonyl (C=O) groups excluding carboxylic acids is 3. The molecule has 0 aliphatic carbocycles. The Balaban J connectivity index is 1.92. The third-order valence-corrected chi connectivity index (χ3v) is 3.71. The van der Waals surface area contributed by atoms with Crippen LogP contribution in [0.4, 0.5) is 10.1 Å². The highest BCUT2D eigenvalue weighted by Gasteiger charge is 2.39. The second-order valence-electron chi connectivity index (χ2n) is 4.97. The summed E-state index contributed by atoms with van der Waals surface area (Å²) in [6.07, 6.45) is 0.417. The van der Waals surface area contributed by atoms with Crippen molar-refractivity contribution in [1.82, 2.24) is 10.2 Å². The van der Waals surface area contributed by atoms with Gasteiger partial charge < -0.3 is 4.90 Å². The lowest BCUT2D eigenvalue weighted by Gasteiger charge is -2.29. The topological polar surface area (TPSA) is 70.8 Å². The zero-order valence-corrected chi connectivity index (χ0v) is 10.9. The summed E-state index contributed by atoms with van der Waals surface area (Å²) in [6.45, 7) is 7.02. The van der Waals surface area contributed by atoms with Crippen molar-refractivity contribution < 1.29 is 18.8 Å². The van der Waals surface area contributed by atoms with E-state index in [1.54, 1.807) is 0 Å². The number of halogens is 1.